The van der Waals surface area contributed by atoms with Crippen LogP contribution >= 0.6 is 11.3 Å². The van der Waals surface area contributed by atoms with Gasteiger partial charge in [0.25, 0.3) is 0 Å². The van der Waals surface area contributed by atoms with Crippen LogP contribution in [-0.2, 0) is 6.42 Å². The second-order valence-corrected chi connectivity index (χ2v) is 7.55. The predicted octanol–water partition coefficient (Wildman–Crippen LogP) is 3.56. The van der Waals surface area contributed by atoms with Crippen molar-refractivity contribution >= 4 is 11.3 Å². The van der Waals surface area contributed by atoms with Gasteiger partial charge in [-0.15, -0.1) is 11.3 Å². The first-order valence-electron chi connectivity index (χ1n) is 6.69. The molecule has 4 heteroatoms. The molecule has 0 bridgehead atoms. The lowest BCUT2D eigenvalue weighted by atomic mass is 9.75. The summed E-state index contributed by atoms with van der Waals surface area (Å²) in [7, 11) is 0. The van der Waals surface area contributed by atoms with Crippen LogP contribution in [0.4, 0.5) is 0 Å². The Kier molecular flexibility index (Phi) is 2.84. The normalized spacial score (nSPS) is 21.4. The molecular formula is C15H20N2OS. The van der Waals surface area contributed by atoms with E-state index in [1.54, 1.807) is 11.3 Å². The fourth-order valence-corrected chi connectivity index (χ4v) is 3.90. The highest BCUT2D eigenvalue weighted by atomic mass is 32.1. The molecule has 0 fully saturated rings. The first-order chi connectivity index (χ1) is 8.87. The molecule has 1 aliphatic carbocycles. The van der Waals surface area contributed by atoms with Gasteiger partial charge in [-0.2, -0.15) is 0 Å². The molecule has 1 N–H and O–H groups in total. The van der Waals surface area contributed by atoms with E-state index in [4.69, 9.17) is 0 Å². The Morgan fingerprint density at radius 1 is 1.42 bits per heavy atom. The Morgan fingerprint density at radius 2 is 2.16 bits per heavy atom. The van der Waals surface area contributed by atoms with Crippen LogP contribution in [-0.4, -0.2) is 14.7 Å². The van der Waals surface area contributed by atoms with Crippen molar-refractivity contribution in [2.75, 3.05) is 0 Å². The molecule has 0 aromatic carbocycles. The molecule has 1 atom stereocenters. The van der Waals surface area contributed by atoms with Crippen LogP contribution in [0.1, 0.15) is 48.2 Å². The molecule has 0 aliphatic heterocycles. The third-order valence-electron chi connectivity index (χ3n) is 3.87. The smallest absolute Gasteiger partial charge is 0.194 e. The van der Waals surface area contributed by atoms with E-state index in [9.17, 15) is 5.11 Å². The van der Waals surface area contributed by atoms with Gasteiger partial charge in [0.2, 0.25) is 0 Å². The van der Waals surface area contributed by atoms with E-state index in [1.807, 2.05) is 6.20 Å². The molecule has 1 unspecified atom stereocenters. The Bertz CT molecular complexity index is 624. The second-order valence-electron chi connectivity index (χ2n) is 6.34. The van der Waals surface area contributed by atoms with Gasteiger partial charge in [0, 0.05) is 28.0 Å². The summed E-state index contributed by atoms with van der Waals surface area (Å²) >= 11 is 1.70. The summed E-state index contributed by atoms with van der Waals surface area (Å²) in [5, 5.41) is 11.4. The van der Waals surface area contributed by atoms with Crippen molar-refractivity contribution in [2.45, 2.75) is 46.6 Å². The quantitative estimate of drug-likeness (QED) is 0.865. The molecule has 2 aromatic heterocycles. The Labute approximate surface area is 117 Å². The van der Waals surface area contributed by atoms with Crippen molar-refractivity contribution in [1.29, 1.82) is 0 Å². The van der Waals surface area contributed by atoms with Gasteiger partial charge < -0.3 is 5.11 Å². The minimum atomic E-state index is -0.347. The van der Waals surface area contributed by atoms with Crippen LogP contribution in [0.25, 0.3) is 5.13 Å². The summed E-state index contributed by atoms with van der Waals surface area (Å²) in [5.41, 5.74) is 3.62. The van der Waals surface area contributed by atoms with Crippen LogP contribution < -0.4 is 0 Å². The number of aliphatic hydroxyl groups excluding tert-OH is 1. The van der Waals surface area contributed by atoms with Gasteiger partial charge >= 0.3 is 0 Å². The highest BCUT2D eigenvalue weighted by molar-refractivity contribution is 7.14. The number of thiazole rings is 1. The van der Waals surface area contributed by atoms with Crippen LogP contribution in [0, 0.1) is 19.3 Å². The summed E-state index contributed by atoms with van der Waals surface area (Å²) in [5.74, 6) is 0. The number of aromatic nitrogens is 2. The predicted molar refractivity (Wildman–Crippen MR) is 78.0 cm³/mol. The maximum Gasteiger partial charge on any atom is 0.194 e. The van der Waals surface area contributed by atoms with Gasteiger partial charge in [0.15, 0.2) is 5.13 Å². The zero-order valence-corrected chi connectivity index (χ0v) is 12.7. The first kappa shape index (κ1) is 12.9. The molecule has 0 saturated heterocycles. The van der Waals surface area contributed by atoms with E-state index >= 15 is 0 Å². The van der Waals surface area contributed by atoms with E-state index in [0.717, 1.165) is 29.2 Å². The number of hydrogen-bond acceptors (Lipinski definition) is 3. The van der Waals surface area contributed by atoms with Gasteiger partial charge in [-0.1, -0.05) is 13.8 Å². The number of hydrogen-bond donors (Lipinski definition) is 1. The van der Waals surface area contributed by atoms with Gasteiger partial charge in [0.1, 0.15) is 0 Å². The molecule has 0 amide bonds. The average Bonchev–Trinajstić information content (AvgIpc) is 2.81. The lowest BCUT2D eigenvalue weighted by Crippen LogP contribution is -2.26. The molecule has 19 heavy (non-hydrogen) atoms. The number of fused-ring (bicyclic) bond motifs is 1. The van der Waals surface area contributed by atoms with E-state index < -0.39 is 0 Å². The van der Waals surface area contributed by atoms with Crippen molar-refractivity contribution in [2.24, 2.45) is 5.41 Å². The van der Waals surface area contributed by atoms with Crippen LogP contribution in [0.5, 0.6) is 0 Å². The molecule has 102 valence electrons. The van der Waals surface area contributed by atoms with Crippen LogP contribution in [0.2, 0.25) is 0 Å². The summed E-state index contributed by atoms with van der Waals surface area (Å²) < 4.78 is 2.22. The monoisotopic (exact) mass is 276 g/mol. The molecule has 2 heterocycles. The lowest BCUT2D eigenvalue weighted by Gasteiger charge is -2.33. The standard InChI is InChI=1S/C15H20N2OS/c1-9-5-11-12(6-15(3,4)7-13(11)18)17(9)14-16-8-10(2)19-14/h5,8,13,18H,6-7H2,1-4H3. The number of nitrogens with zero attached hydrogens (tertiary/aromatic N) is 2. The fourth-order valence-electron chi connectivity index (χ4n) is 3.06. The molecule has 0 spiro atoms. The van der Waals surface area contributed by atoms with Crippen molar-refractivity contribution in [1.82, 2.24) is 9.55 Å². The zero-order valence-electron chi connectivity index (χ0n) is 11.9. The third kappa shape index (κ3) is 2.13. The molecule has 0 saturated carbocycles. The van der Waals surface area contributed by atoms with Crippen molar-refractivity contribution in [3.63, 3.8) is 0 Å². The Morgan fingerprint density at radius 3 is 2.79 bits per heavy atom. The van der Waals surface area contributed by atoms with E-state index in [2.05, 4.69) is 43.3 Å². The molecule has 0 radical (unpaired) electrons. The highest BCUT2D eigenvalue weighted by Gasteiger charge is 2.34. The third-order valence-corrected chi connectivity index (χ3v) is 4.77. The SMILES string of the molecule is Cc1cnc(-n2c(C)cc3c2CC(C)(C)CC3O)s1. The minimum absolute atomic E-state index is 0.140. The molecule has 2 aromatic rings. The highest BCUT2D eigenvalue weighted by Crippen LogP contribution is 2.43. The maximum atomic E-state index is 10.4. The summed E-state index contributed by atoms with van der Waals surface area (Å²) in [6.45, 7) is 8.61. The summed E-state index contributed by atoms with van der Waals surface area (Å²) in [6, 6.07) is 2.12. The van der Waals surface area contributed by atoms with Gasteiger partial charge in [0.05, 0.1) is 6.10 Å². The van der Waals surface area contributed by atoms with Crippen molar-refractivity contribution in [3.05, 3.63) is 34.1 Å². The maximum absolute atomic E-state index is 10.4. The van der Waals surface area contributed by atoms with Crippen molar-refractivity contribution < 1.29 is 5.11 Å². The van der Waals surface area contributed by atoms with Crippen LogP contribution in [0.3, 0.4) is 0 Å². The lowest BCUT2D eigenvalue weighted by molar-refractivity contribution is 0.0987. The van der Waals surface area contributed by atoms with Gasteiger partial charge in [-0.3, -0.25) is 4.57 Å². The number of rotatable bonds is 1. The van der Waals surface area contributed by atoms with Gasteiger partial charge in [-0.25, -0.2) is 4.98 Å². The number of aliphatic hydroxyl groups is 1. The summed E-state index contributed by atoms with van der Waals surface area (Å²) in [6.07, 6.45) is 3.39. The fraction of sp³-hybridized carbons (Fsp3) is 0.533. The Balaban J connectivity index is 2.17. The number of aryl methyl sites for hydroxylation is 2. The topological polar surface area (TPSA) is 38.0 Å². The van der Waals surface area contributed by atoms with Crippen molar-refractivity contribution in [3.8, 4) is 5.13 Å². The van der Waals surface area contributed by atoms with Crippen LogP contribution in [0.15, 0.2) is 12.3 Å². The molecular weight excluding hydrogens is 256 g/mol. The Hall–Kier alpha value is -1.13. The first-order valence-corrected chi connectivity index (χ1v) is 7.51. The minimum Gasteiger partial charge on any atom is -0.388 e. The summed E-state index contributed by atoms with van der Waals surface area (Å²) in [4.78, 5) is 5.72. The van der Waals surface area contributed by atoms with E-state index in [1.165, 1.54) is 10.6 Å². The average molecular weight is 276 g/mol. The largest absolute Gasteiger partial charge is 0.388 e. The molecule has 3 nitrogen and oxygen atoms in total. The zero-order chi connectivity index (χ0) is 13.8. The second kappa shape index (κ2) is 4.18. The molecule has 3 rings (SSSR count). The van der Waals surface area contributed by atoms with Gasteiger partial charge in [-0.05, 0) is 38.2 Å². The van der Waals surface area contributed by atoms with E-state index in [-0.39, 0.29) is 11.5 Å². The van der Waals surface area contributed by atoms with E-state index in [0.29, 0.717) is 0 Å². The molecule has 1 aliphatic rings.